The zero-order valence-corrected chi connectivity index (χ0v) is 25.9. The Labute approximate surface area is 248 Å². The average Bonchev–Trinajstić information content (AvgIpc) is 3.00. The van der Waals surface area contributed by atoms with E-state index >= 15 is 0 Å². The molecule has 1 aromatic rings. The van der Waals surface area contributed by atoms with Crippen LogP contribution >= 0.6 is 0 Å². The van der Waals surface area contributed by atoms with Gasteiger partial charge in [0.1, 0.15) is 11.5 Å². The summed E-state index contributed by atoms with van der Waals surface area (Å²) < 4.78 is 35.1. The molecule has 0 N–H and O–H groups in total. The molecule has 2 aliphatic rings. The number of ether oxygens (including phenoxy) is 6. The quantitative estimate of drug-likeness (QED) is 0.126. The summed E-state index contributed by atoms with van der Waals surface area (Å²) in [5.41, 5.74) is 1.11. The molecule has 0 spiro atoms. The Bertz CT molecular complexity index is 858. The minimum atomic E-state index is -0.155. The van der Waals surface area contributed by atoms with Crippen molar-refractivity contribution in [3.05, 3.63) is 42.0 Å². The lowest BCUT2D eigenvalue weighted by molar-refractivity contribution is -0.201. The van der Waals surface area contributed by atoms with Crippen molar-refractivity contribution in [2.75, 3.05) is 26.9 Å². The van der Waals surface area contributed by atoms with Gasteiger partial charge in [0.25, 0.3) is 0 Å². The molecule has 0 radical (unpaired) electrons. The van der Waals surface area contributed by atoms with Gasteiger partial charge in [-0.15, -0.1) is 0 Å². The van der Waals surface area contributed by atoms with E-state index in [-0.39, 0.29) is 30.7 Å². The lowest BCUT2D eigenvalue weighted by atomic mass is 9.93. The molecule has 7 heteroatoms. The fourth-order valence-electron chi connectivity index (χ4n) is 5.25. The zero-order valence-electron chi connectivity index (χ0n) is 25.9. The van der Waals surface area contributed by atoms with Crippen LogP contribution in [-0.4, -0.2) is 57.5 Å². The number of rotatable bonds is 19. The van der Waals surface area contributed by atoms with Gasteiger partial charge in [-0.05, 0) is 94.2 Å². The number of Topliss-reactive ketones (excluding diaryl/α,β-unsaturated/α-hetero) is 1. The molecule has 2 heterocycles. The molecule has 232 valence electrons. The zero-order chi connectivity index (χ0) is 29.3. The monoisotopic (exact) mass is 574 g/mol. The standard InChI is InChI=1S/C34H54O7/c1-26(11-14-28(3)40-33-9-5-7-22-38-33)12-17-30(35)18-13-27(2)32(41-34-10-6-8-23-39-34)21-24-37-25-29-15-19-31(36-4)20-16-29/h11,14-16,19-20,26-28,32-34H,5-10,12-13,17-18,21-25H2,1-4H3/t26-,27+,28+,32-,33?,34?/m1/s1. The summed E-state index contributed by atoms with van der Waals surface area (Å²) >= 11 is 0. The molecule has 3 rings (SSSR count). The van der Waals surface area contributed by atoms with Gasteiger partial charge in [-0.1, -0.05) is 38.1 Å². The summed E-state index contributed by atoms with van der Waals surface area (Å²) in [5.74, 6) is 1.73. The maximum atomic E-state index is 12.8. The van der Waals surface area contributed by atoms with Crippen LogP contribution in [0.3, 0.4) is 0 Å². The van der Waals surface area contributed by atoms with Gasteiger partial charge in [0.05, 0.1) is 25.9 Å². The molecule has 0 saturated carbocycles. The lowest BCUT2D eigenvalue weighted by Gasteiger charge is -2.31. The van der Waals surface area contributed by atoms with Crippen molar-refractivity contribution >= 4 is 5.78 Å². The first-order valence-electron chi connectivity index (χ1n) is 15.9. The Morgan fingerprint density at radius 1 is 0.878 bits per heavy atom. The van der Waals surface area contributed by atoms with E-state index in [2.05, 4.69) is 32.9 Å². The molecule has 2 saturated heterocycles. The molecule has 2 aliphatic heterocycles. The summed E-state index contributed by atoms with van der Waals surface area (Å²) in [6.07, 6.45) is 14.1. The molecule has 7 nitrogen and oxygen atoms in total. The molecule has 0 amide bonds. The highest BCUT2D eigenvalue weighted by Gasteiger charge is 2.25. The molecular weight excluding hydrogens is 520 g/mol. The van der Waals surface area contributed by atoms with Crippen molar-refractivity contribution in [3.8, 4) is 5.75 Å². The maximum absolute atomic E-state index is 12.8. The van der Waals surface area contributed by atoms with E-state index in [0.717, 1.165) is 82.3 Å². The second kappa shape index (κ2) is 19.4. The van der Waals surface area contributed by atoms with Crippen LogP contribution in [0.15, 0.2) is 36.4 Å². The van der Waals surface area contributed by atoms with Crippen LogP contribution in [0.1, 0.15) is 97.0 Å². The van der Waals surface area contributed by atoms with Gasteiger partial charge >= 0.3 is 0 Å². The van der Waals surface area contributed by atoms with Gasteiger partial charge in [0, 0.05) is 32.7 Å². The number of ketones is 1. The van der Waals surface area contributed by atoms with Crippen LogP contribution in [0.25, 0.3) is 0 Å². The van der Waals surface area contributed by atoms with Gasteiger partial charge in [-0.2, -0.15) is 0 Å². The SMILES string of the molecule is COc1ccc(COCC[C@@H](OC2CCCCO2)[C@@H](C)CCC(=O)CC[C@H](C)C=C[C@H](C)OC2CCCCO2)cc1. The van der Waals surface area contributed by atoms with Gasteiger partial charge in [0.2, 0.25) is 0 Å². The number of carbonyl (C=O) groups is 1. The van der Waals surface area contributed by atoms with Crippen molar-refractivity contribution in [2.24, 2.45) is 11.8 Å². The molecule has 0 aromatic heterocycles. The van der Waals surface area contributed by atoms with Gasteiger partial charge in [-0.25, -0.2) is 0 Å². The summed E-state index contributed by atoms with van der Waals surface area (Å²) in [6, 6.07) is 7.94. The molecule has 41 heavy (non-hydrogen) atoms. The predicted octanol–water partition coefficient (Wildman–Crippen LogP) is 7.40. The van der Waals surface area contributed by atoms with Crippen molar-refractivity contribution in [1.82, 2.24) is 0 Å². The molecule has 0 bridgehead atoms. The molecular formula is C34H54O7. The van der Waals surface area contributed by atoms with Crippen LogP contribution in [0.4, 0.5) is 0 Å². The number of hydrogen-bond acceptors (Lipinski definition) is 7. The topological polar surface area (TPSA) is 72.5 Å². The summed E-state index contributed by atoms with van der Waals surface area (Å²) in [5, 5.41) is 0. The van der Waals surface area contributed by atoms with Crippen molar-refractivity contribution in [3.63, 3.8) is 0 Å². The van der Waals surface area contributed by atoms with E-state index in [1.807, 2.05) is 24.3 Å². The molecule has 2 unspecified atom stereocenters. The first-order valence-corrected chi connectivity index (χ1v) is 15.9. The van der Waals surface area contributed by atoms with Crippen LogP contribution in [0.5, 0.6) is 5.75 Å². The second-order valence-corrected chi connectivity index (χ2v) is 11.8. The van der Waals surface area contributed by atoms with E-state index in [9.17, 15) is 4.79 Å². The molecule has 2 fully saturated rings. The summed E-state index contributed by atoms with van der Waals surface area (Å²) in [6.45, 7) is 9.09. The van der Waals surface area contributed by atoms with Crippen molar-refractivity contribution < 1.29 is 33.2 Å². The normalized spacial score (nSPS) is 22.7. The van der Waals surface area contributed by atoms with Gasteiger partial charge < -0.3 is 28.4 Å². The first-order chi connectivity index (χ1) is 19.9. The lowest BCUT2D eigenvalue weighted by Crippen LogP contribution is -2.32. The van der Waals surface area contributed by atoms with E-state index in [0.29, 0.717) is 37.8 Å². The van der Waals surface area contributed by atoms with E-state index in [1.165, 1.54) is 0 Å². The highest BCUT2D eigenvalue weighted by atomic mass is 16.7. The fourth-order valence-corrected chi connectivity index (χ4v) is 5.25. The maximum Gasteiger partial charge on any atom is 0.158 e. The number of allylic oxidation sites excluding steroid dienone is 1. The Morgan fingerprint density at radius 2 is 1.54 bits per heavy atom. The third-order valence-electron chi connectivity index (χ3n) is 8.05. The number of carbonyl (C=O) groups excluding carboxylic acids is 1. The summed E-state index contributed by atoms with van der Waals surface area (Å²) in [4.78, 5) is 12.8. The van der Waals surface area contributed by atoms with Crippen molar-refractivity contribution in [2.45, 2.75) is 123 Å². The summed E-state index contributed by atoms with van der Waals surface area (Å²) in [7, 11) is 1.67. The Hall–Kier alpha value is -1.77. The van der Waals surface area contributed by atoms with Crippen LogP contribution in [0, 0.1) is 11.8 Å². The minimum absolute atomic E-state index is 0.00161. The molecule has 0 aliphatic carbocycles. The highest BCUT2D eigenvalue weighted by Crippen LogP contribution is 2.24. The first kappa shape index (κ1) is 33.7. The van der Waals surface area contributed by atoms with Gasteiger partial charge in [-0.3, -0.25) is 4.79 Å². The van der Waals surface area contributed by atoms with Gasteiger partial charge in [0.15, 0.2) is 12.6 Å². The number of hydrogen-bond donors (Lipinski definition) is 0. The van der Waals surface area contributed by atoms with Crippen LogP contribution < -0.4 is 4.74 Å². The Morgan fingerprint density at radius 3 is 2.17 bits per heavy atom. The van der Waals surface area contributed by atoms with E-state index in [1.54, 1.807) is 7.11 Å². The van der Waals surface area contributed by atoms with Crippen LogP contribution in [-0.2, 0) is 35.1 Å². The fraction of sp³-hybridized carbons (Fsp3) is 0.735. The predicted molar refractivity (Wildman–Crippen MR) is 161 cm³/mol. The second-order valence-electron chi connectivity index (χ2n) is 11.8. The number of methoxy groups -OCH3 is 1. The number of benzene rings is 1. The van der Waals surface area contributed by atoms with Crippen molar-refractivity contribution in [1.29, 1.82) is 0 Å². The minimum Gasteiger partial charge on any atom is -0.497 e. The van der Waals surface area contributed by atoms with Crippen LogP contribution in [0.2, 0.25) is 0 Å². The third-order valence-corrected chi connectivity index (χ3v) is 8.05. The Balaban J connectivity index is 1.37. The largest absolute Gasteiger partial charge is 0.497 e. The Kier molecular flexibility index (Phi) is 16.0. The average molecular weight is 575 g/mol. The highest BCUT2D eigenvalue weighted by molar-refractivity contribution is 5.78. The molecule has 6 atom stereocenters. The third kappa shape index (κ3) is 13.8. The van der Waals surface area contributed by atoms with E-state index in [4.69, 9.17) is 28.4 Å². The van der Waals surface area contributed by atoms with E-state index < -0.39 is 0 Å². The molecule has 1 aromatic carbocycles. The smallest absolute Gasteiger partial charge is 0.158 e.